The summed E-state index contributed by atoms with van der Waals surface area (Å²) in [6.45, 7) is 5.65. The summed E-state index contributed by atoms with van der Waals surface area (Å²) in [6, 6.07) is 0. The lowest BCUT2D eigenvalue weighted by atomic mass is 10.2. The molecule has 2 rings (SSSR count). The molecule has 0 atom stereocenters. The third-order valence-corrected chi connectivity index (χ3v) is 2.99. The van der Waals surface area contributed by atoms with Crippen molar-refractivity contribution < 1.29 is 0 Å². The maximum atomic E-state index is 5.81. The van der Waals surface area contributed by atoms with Crippen LogP contribution < -0.4 is 11.1 Å². The van der Waals surface area contributed by atoms with Crippen LogP contribution in [0.5, 0.6) is 0 Å². The van der Waals surface area contributed by atoms with Gasteiger partial charge in [0.2, 0.25) is 0 Å². The second-order valence-electron chi connectivity index (χ2n) is 4.56. The van der Waals surface area contributed by atoms with Gasteiger partial charge in [-0.1, -0.05) is 0 Å². The van der Waals surface area contributed by atoms with Crippen molar-refractivity contribution in [2.45, 2.75) is 33.2 Å². The van der Waals surface area contributed by atoms with Crippen molar-refractivity contribution in [1.29, 1.82) is 0 Å². The molecule has 2 heterocycles. The van der Waals surface area contributed by atoms with Crippen molar-refractivity contribution in [1.82, 2.24) is 19.5 Å². The number of aromatic nitrogens is 4. The highest BCUT2D eigenvalue weighted by atomic mass is 15.1. The van der Waals surface area contributed by atoms with Gasteiger partial charge < -0.3 is 15.6 Å². The van der Waals surface area contributed by atoms with E-state index in [0.29, 0.717) is 11.6 Å². The van der Waals surface area contributed by atoms with Crippen molar-refractivity contribution in [2.75, 3.05) is 17.6 Å². The normalized spacial score (nSPS) is 10.6. The SMILES string of the molecule is Cc1nc(N)c(C)c(NCCCCn2ccnc2)n1. The summed E-state index contributed by atoms with van der Waals surface area (Å²) in [5.41, 5.74) is 6.73. The maximum absolute atomic E-state index is 5.81. The van der Waals surface area contributed by atoms with Crippen LogP contribution in [0.15, 0.2) is 18.7 Å². The van der Waals surface area contributed by atoms with Crippen LogP contribution in [-0.4, -0.2) is 26.1 Å². The maximum Gasteiger partial charge on any atom is 0.134 e. The molecular weight excluding hydrogens is 240 g/mol. The van der Waals surface area contributed by atoms with Gasteiger partial charge >= 0.3 is 0 Å². The Morgan fingerprint density at radius 2 is 2.11 bits per heavy atom. The number of hydrogen-bond donors (Lipinski definition) is 2. The predicted octanol–water partition coefficient (Wildman–Crippen LogP) is 1.76. The highest BCUT2D eigenvalue weighted by Crippen LogP contribution is 2.16. The first-order valence-corrected chi connectivity index (χ1v) is 6.47. The van der Waals surface area contributed by atoms with E-state index in [4.69, 9.17) is 5.73 Å². The molecule has 0 aliphatic carbocycles. The van der Waals surface area contributed by atoms with E-state index in [1.807, 2.05) is 26.4 Å². The van der Waals surface area contributed by atoms with Gasteiger partial charge in [-0.25, -0.2) is 15.0 Å². The minimum atomic E-state index is 0.549. The van der Waals surface area contributed by atoms with Crippen molar-refractivity contribution in [3.8, 4) is 0 Å². The number of nitrogens with two attached hydrogens (primary N) is 1. The van der Waals surface area contributed by atoms with Gasteiger partial charge in [-0.3, -0.25) is 0 Å². The predicted molar refractivity (Wildman–Crippen MR) is 75.9 cm³/mol. The van der Waals surface area contributed by atoms with Crippen LogP contribution >= 0.6 is 0 Å². The zero-order valence-corrected chi connectivity index (χ0v) is 11.4. The molecule has 0 unspecified atom stereocenters. The second-order valence-corrected chi connectivity index (χ2v) is 4.56. The summed E-state index contributed by atoms with van der Waals surface area (Å²) in [5.74, 6) is 2.09. The minimum absolute atomic E-state index is 0.549. The molecule has 0 aliphatic heterocycles. The topological polar surface area (TPSA) is 81.6 Å². The van der Waals surface area contributed by atoms with Gasteiger partial charge in [-0.2, -0.15) is 0 Å². The molecule has 0 amide bonds. The molecule has 102 valence electrons. The van der Waals surface area contributed by atoms with E-state index in [-0.39, 0.29) is 0 Å². The number of anilines is 2. The van der Waals surface area contributed by atoms with Crippen LogP contribution in [0.2, 0.25) is 0 Å². The highest BCUT2D eigenvalue weighted by Gasteiger charge is 2.05. The molecule has 19 heavy (non-hydrogen) atoms. The number of nitrogens with zero attached hydrogens (tertiary/aromatic N) is 4. The van der Waals surface area contributed by atoms with Crippen LogP contribution in [0.4, 0.5) is 11.6 Å². The first-order valence-electron chi connectivity index (χ1n) is 6.47. The van der Waals surface area contributed by atoms with Gasteiger partial charge in [-0.15, -0.1) is 0 Å². The molecule has 6 nitrogen and oxygen atoms in total. The second kappa shape index (κ2) is 6.17. The number of imidazole rings is 1. The molecule has 0 bridgehead atoms. The summed E-state index contributed by atoms with van der Waals surface area (Å²) in [5, 5.41) is 3.32. The van der Waals surface area contributed by atoms with Crippen molar-refractivity contribution in [3.05, 3.63) is 30.1 Å². The van der Waals surface area contributed by atoms with E-state index >= 15 is 0 Å². The lowest BCUT2D eigenvalue weighted by Crippen LogP contribution is -2.10. The lowest BCUT2D eigenvalue weighted by Gasteiger charge is -2.10. The molecular formula is C13H20N6. The standard InChI is InChI=1S/C13H20N6/c1-10-12(14)17-11(2)18-13(10)16-5-3-4-7-19-8-6-15-9-19/h6,8-9H,3-5,7H2,1-2H3,(H3,14,16,17,18). The van der Waals surface area contributed by atoms with Crippen molar-refractivity contribution >= 4 is 11.6 Å². The Morgan fingerprint density at radius 3 is 2.84 bits per heavy atom. The van der Waals surface area contributed by atoms with E-state index in [0.717, 1.165) is 37.3 Å². The molecule has 0 spiro atoms. The van der Waals surface area contributed by atoms with Crippen LogP contribution in [0.25, 0.3) is 0 Å². The Labute approximate surface area is 113 Å². The largest absolute Gasteiger partial charge is 0.383 e. The minimum Gasteiger partial charge on any atom is -0.383 e. The van der Waals surface area contributed by atoms with Gasteiger partial charge in [0.15, 0.2) is 0 Å². The van der Waals surface area contributed by atoms with E-state index in [1.165, 1.54) is 0 Å². The number of nitrogen functional groups attached to an aromatic ring is 1. The first-order chi connectivity index (χ1) is 9.16. The molecule has 2 aromatic heterocycles. The van der Waals surface area contributed by atoms with Crippen LogP contribution in [0.1, 0.15) is 24.2 Å². The lowest BCUT2D eigenvalue weighted by molar-refractivity contribution is 0.620. The van der Waals surface area contributed by atoms with Crippen LogP contribution in [-0.2, 0) is 6.54 Å². The number of hydrogen-bond acceptors (Lipinski definition) is 5. The number of rotatable bonds is 6. The van der Waals surface area contributed by atoms with Crippen molar-refractivity contribution in [3.63, 3.8) is 0 Å². The van der Waals surface area contributed by atoms with Gasteiger partial charge in [0, 0.05) is 31.0 Å². The first kappa shape index (κ1) is 13.3. The Balaban J connectivity index is 1.76. The number of nitrogens with one attached hydrogen (secondary N) is 1. The molecule has 0 fully saturated rings. The molecule has 0 saturated carbocycles. The zero-order valence-electron chi connectivity index (χ0n) is 11.4. The smallest absolute Gasteiger partial charge is 0.134 e. The Hall–Kier alpha value is -2.11. The Bertz CT molecular complexity index is 520. The fourth-order valence-electron chi connectivity index (χ4n) is 1.87. The number of aryl methyl sites for hydroxylation is 2. The van der Waals surface area contributed by atoms with E-state index in [9.17, 15) is 0 Å². The monoisotopic (exact) mass is 260 g/mol. The summed E-state index contributed by atoms with van der Waals surface area (Å²) >= 11 is 0. The Kier molecular flexibility index (Phi) is 4.33. The van der Waals surface area contributed by atoms with Crippen LogP contribution in [0, 0.1) is 13.8 Å². The molecule has 0 aromatic carbocycles. The molecule has 0 radical (unpaired) electrons. The quantitative estimate of drug-likeness (QED) is 0.773. The van der Waals surface area contributed by atoms with Crippen LogP contribution in [0.3, 0.4) is 0 Å². The van der Waals surface area contributed by atoms with E-state index in [2.05, 4.69) is 24.8 Å². The zero-order chi connectivity index (χ0) is 13.7. The molecule has 0 aliphatic rings. The molecule has 0 saturated heterocycles. The highest BCUT2D eigenvalue weighted by molar-refractivity contribution is 5.54. The number of unbranched alkanes of at least 4 members (excludes halogenated alkanes) is 1. The van der Waals surface area contributed by atoms with E-state index < -0.39 is 0 Å². The molecule has 6 heteroatoms. The summed E-state index contributed by atoms with van der Waals surface area (Å²) < 4.78 is 2.08. The van der Waals surface area contributed by atoms with Crippen molar-refractivity contribution in [2.24, 2.45) is 0 Å². The van der Waals surface area contributed by atoms with Gasteiger partial charge in [0.05, 0.1) is 6.33 Å². The summed E-state index contributed by atoms with van der Waals surface area (Å²) in [6.07, 6.45) is 7.79. The van der Waals surface area contributed by atoms with Gasteiger partial charge in [0.1, 0.15) is 17.5 Å². The summed E-state index contributed by atoms with van der Waals surface area (Å²) in [4.78, 5) is 12.5. The molecule has 3 N–H and O–H groups in total. The van der Waals surface area contributed by atoms with E-state index in [1.54, 1.807) is 6.20 Å². The third kappa shape index (κ3) is 3.67. The average molecular weight is 260 g/mol. The fourth-order valence-corrected chi connectivity index (χ4v) is 1.87. The third-order valence-electron chi connectivity index (χ3n) is 2.99. The fraction of sp³-hybridized carbons (Fsp3) is 0.462. The Morgan fingerprint density at radius 1 is 1.26 bits per heavy atom. The molecule has 2 aromatic rings. The summed E-state index contributed by atoms with van der Waals surface area (Å²) in [7, 11) is 0. The van der Waals surface area contributed by atoms with Gasteiger partial charge in [0.25, 0.3) is 0 Å². The van der Waals surface area contributed by atoms with Gasteiger partial charge in [-0.05, 0) is 26.7 Å². The average Bonchev–Trinajstić information content (AvgIpc) is 2.87.